The minimum atomic E-state index is -4.27. The normalized spacial score (nSPS) is 13.3. The van der Waals surface area contributed by atoms with Gasteiger partial charge >= 0.3 is 5.97 Å². The molecule has 1 atom stereocenters. The summed E-state index contributed by atoms with van der Waals surface area (Å²) in [5.41, 5.74) is 4.76. The van der Waals surface area contributed by atoms with Crippen LogP contribution in [0, 0.1) is 0 Å². The van der Waals surface area contributed by atoms with Crippen LogP contribution >= 0.6 is 0 Å². The van der Waals surface area contributed by atoms with E-state index in [1.807, 2.05) is 0 Å². The standard InChI is InChI=1S/C3H7NO5S.Zn/c4-2(3(5)6)1-10(7,8)9;/h2H,1,4H2,(H,5,6)(H,7,8,9);. The van der Waals surface area contributed by atoms with Crippen molar-refractivity contribution in [2.24, 2.45) is 5.73 Å². The first-order chi connectivity index (χ1) is 4.33. The Balaban J connectivity index is 0. The monoisotopic (exact) mass is 233 g/mol. The average molecular weight is 235 g/mol. The zero-order valence-electron chi connectivity index (χ0n) is 5.60. The molecule has 0 aromatic rings. The minimum absolute atomic E-state index is 0. The summed E-state index contributed by atoms with van der Waals surface area (Å²) in [4.78, 5) is 9.88. The van der Waals surface area contributed by atoms with Crippen molar-refractivity contribution in [1.29, 1.82) is 0 Å². The van der Waals surface area contributed by atoms with Gasteiger partial charge in [-0.05, 0) is 0 Å². The van der Waals surface area contributed by atoms with Crippen molar-refractivity contribution >= 4 is 16.1 Å². The smallest absolute Gasteiger partial charge is 0.321 e. The second kappa shape index (κ2) is 4.76. The third-order valence-electron chi connectivity index (χ3n) is 0.707. The van der Waals surface area contributed by atoms with Gasteiger partial charge in [-0.3, -0.25) is 9.35 Å². The average Bonchev–Trinajstić information content (AvgIpc) is 1.60. The Kier molecular flexibility index (Phi) is 5.87. The SMILES string of the molecule is NC(CS(=O)(=O)O)C(=O)O.[Zn]. The van der Waals surface area contributed by atoms with Crippen molar-refractivity contribution < 1.29 is 42.3 Å². The summed E-state index contributed by atoms with van der Waals surface area (Å²) in [5.74, 6) is -2.42. The Morgan fingerprint density at radius 2 is 1.91 bits per heavy atom. The predicted molar refractivity (Wildman–Crippen MR) is 32.0 cm³/mol. The molecule has 0 spiro atoms. The number of rotatable bonds is 3. The summed E-state index contributed by atoms with van der Waals surface area (Å²) >= 11 is 0. The molecule has 0 aromatic heterocycles. The van der Waals surface area contributed by atoms with Gasteiger partial charge in [0.2, 0.25) is 0 Å². The number of carbonyl (C=O) groups is 1. The molecule has 1 unspecified atom stereocenters. The molecule has 4 N–H and O–H groups in total. The first-order valence-electron chi connectivity index (χ1n) is 2.26. The van der Waals surface area contributed by atoms with Crippen LogP contribution in [0.2, 0.25) is 0 Å². The molecule has 0 aliphatic carbocycles. The van der Waals surface area contributed by atoms with Gasteiger partial charge in [0, 0.05) is 19.5 Å². The van der Waals surface area contributed by atoms with Gasteiger partial charge in [-0.15, -0.1) is 0 Å². The fourth-order valence-corrected chi connectivity index (χ4v) is 0.895. The fraction of sp³-hybridized carbons (Fsp3) is 0.667. The first kappa shape index (κ1) is 13.5. The van der Waals surface area contributed by atoms with Crippen molar-refractivity contribution in [1.82, 2.24) is 0 Å². The number of carboxylic acids is 1. The van der Waals surface area contributed by atoms with Crippen molar-refractivity contribution in [3.63, 3.8) is 0 Å². The Labute approximate surface area is 76.3 Å². The molecule has 62 valence electrons. The summed E-state index contributed by atoms with van der Waals surface area (Å²) in [6.07, 6.45) is 0. The summed E-state index contributed by atoms with van der Waals surface area (Å²) in [6.45, 7) is 0. The molecule has 0 fully saturated rings. The molecule has 0 amide bonds. The Morgan fingerprint density at radius 3 is 2.00 bits per heavy atom. The van der Waals surface area contributed by atoms with Crippen LogP contribution in [0.4, 0.5) is 0 Å². The van der Waals surface area contributed by atoms with E-state index in [9.17, 15) is 13.2 Å². The maximum absolute atomic E-state index is 9.96. The predicted octanol–water partition coefficient (Wildman–Crippen LogP) is -1.72. The molecule has 0 heterocycles. The molecule has 0 rings (SSSR count). The van der Waals surface area contributed by atoms with E-state index in [2.05, 4.69) is 0 Å². The summed E-state index contributed by atoms with van der Waals surface area (Å²) < 4.78 is 28.0. The van der Waals surface area contributed by atoms with Crippen LogP contribution in [0.3, 0.4) is 0 Å². The van der Waals surface area contributed by atoms with Crippen molar-refractivity contribution in [2.75, 3.05) is 5.75 Å². The largest absolute Gasteiger partial charge is 0.480 e. The Morgan fingerprint density at radius 1 is 1.55 bits per heavy atom. The van der Waals surface area contributed by atoms with Crippen LogP contribution in [-0.4, -0.2) is 35.8 Å². The molecule has 0 saturated carbocycles. The number of aliphatic carboxylic acids is 1. The molecule has 0 saturated heterocycles. The number of nitrogens with two attached hydrogens (primary N) is 1. The van der Waals surface area contributed by atoms with Crippen LogP contribution in [-0.2, 0) is 34.4 Å². The Bertz CT molecular complexity index is 224. The van der Waals surface area contributed by atoms with E-state index in [1.54, 1.807) is 0 Å². The van der Waals surface area contributed by atoms with Gasteiger partial charge < -0.3 is 10.8 Å². The third-order valence-corrected chi connectivity index (χ3v) is 1.49. The van der Waals surface area contributed by atoms with Crippen molar-refractivity contribution in [3.05, 3.63) is 0 Å². The molecule has 0 radical (unpaired) electrons. The van der Waals surface area contributed by atoms with Gasteiger partial charge in [0.25, 0.3) is 10.1 Å². The Hall–Kier alpha value is -0.0366. The van der Waals surface area contributed by atoms with Crippen LogP contribution in [0.1, 0.15) is 0 Å². The van der Waals surface area contributed by atoms with Crippen LogP contribution in [0.15, 0.2) is 0 Å². The zero-order valence-corrected chi connectivity index (χ0v) is 9.38. The van der Waals surface area contributed by atoms with Gasteiger partial charge in [0.15, 0.2) is 0 Å². The molecular formula is C3H7NO5SZn. The number of carboxylic acid groups (broad SMARTS) is 1. The third kappa shape index (κ3) is 7.86. The number of hydrogen-bond donors (Lipinski definition) is 3. The van der Waals surface area contributed by atoms with E-state index < -0.39 is 27.9 Å². The van der Waals surface area contributed by atoms with E-state index >= 15 is 0 Å². The van der Waals surface area contributed by atoms with Gasteiger partial charge in [-0.1, -0.05) is 0 Å². The maximum Gasteiger partial charge on any atom is 0.321 e. The van der Waals surface area contributed by atoms with Gasteiger partial charge in [0.1, 0.15) is 11.8 Å². The van der Waals surface area contributed by atoms with Gasteiger partial charge in [-0.25, -0.2) is 0 Å². The van der Waals surface area contributed by atoms with Crippen LogP contribution < -0.4 is 5.73 Å². The molecule has 0 aliphatic heterocycles. The van der Waals surface area contributed by atoms with E-state index in [0.717, 1.165) is 0 Å². The van der Waals surface area contributed by atoms with E-state index in [0.29, 0.717) is 0 Å². The summed E-state index contributed by atoms with van der Waals surface area (Å²) in [5, 5.41) is 8.04. The summed E-state index contributed by atoms with van der Waals surface area (Å²) in [6, 6.07) is -1.56. The van der Waals surface area contributed by atoms with Gasteiger partial charge in [0.05, 0.1) is 0 Å². The van der Waals surface area contributed by atoms with Gasteiger partial charge in [-0.2, -0.15) is 8.42 Å². The van der Waals surface area contributed by atoms with E-state index in [1.165, 1.54) is 0 Å². The van der Waals surface area contributed by atoms with E-state index in [4.69, 9.17) is 15.4 Å². The van der Waals surface area contributed by atoms with E-state index in [-0.39, 0.29) is 19.5 Å². The van der Waals surface area contributed by atoms with Crippen LogP contribution in [0.25, 0.3) is 0 Å². The second-order valence-electron chi connectivity index (χ2n) is 1.69. The quantitative estimate of drug-likeness (QED) is 0.395. The zero-order chi connectivity index (χ0) is 8.36. The van der Waals surface area contributed by atoms with Crippen molar-refractivity contribution in [3.8, 4) is 0 Å². The second-order valence-corrected chi connectivity index (χ2v) is 3.19. The molecule has 11 heavy (non-hydrogen) atoms. The molecular weight excluding hydrogens is 227 g/mol. The first-order valence-corrected chi connectivity index (χ1v) is 3.87. The molecule has 0 bridgehead atoms. The molecule has 0 aromatic carbocycles. The van der Waals surface area contributed by atoms with Crippen LogP contribution in [0.5, 0.6) is 0 Å². The van der Waals surface area contributed by atoms with Crippen molar-refractivity contribution in [2.45, 2.75) is 6.04 Å². The topological polar surface area (TPSA) is 118 Å². The minimum Gasteiger partial charge on any atom is -0.480 e. The fourth-order valence-electron chi connectivity index (χ4n) is 0.298. The molecule has 8 heteroatoms. The number of hydrogen-bond acceptors (Lipinski definition) is 4. The molecule has 0 aliphatic rings. The maximum atomic E-state index is 9.96. The summed E-state index contributed by atoms with van der Waals surface area (Å²) in [7, 11) is -4.27. The molecule has 6 nitrogen and oxygen atoms in total.